The molecule has 1 aromatic heterocycles. The molecule has 0 fully saturated rings. The number of carboxylic acids is 1. The van der Waals surface area contributed by atoms with Crippen molar-refractivity contribution in [2.75, 3.05) is 0 Å². The first-order valence-electron chi connectivity index (χ1n) is 9.11. The summed E-state index contributed by atoms with van der Waals surface area (Å²) in [5.41, 5.74) is 4.82. The molecular weight excluding hydrogens is 334 g/mol. The van der Waals surface area contributed by atoms with Gasteiger partial charge < -0.3 is 5.11 Å². The number of carboxylic acid groups (broad SMARTS) is 1. The molecule has 0 bridgehead atoms. The van der Waals surface area contributed by atoms with E-state index in [2.05, 4.69) is 60.9 Å². The van der Waals surface area contributed by atoms with Gasteiger partial charge in [-0.1, -0.05) is 50.2 Å². The van der Waals surface area contributed by atoms with Crippen LogP contribution in [0.15, 0.2) is 72.9 Å². The lowest BCUT2D eigenvalue weighted by atomic mass is 10.0. The number of aromatic nitrogens is 1. The Kier molecular flexibility index (Phi) is 5.82. The van der Waals surface area contributed by atoms with Gasteiger partial charge in [-0.25, -0.2) is 4.79 Å². The lowest BCUT2D eigenvalue weighted by molar-refractivity contribution is -0.690. The van der Waals surface area contributed by atoms with E-state index in [1.807, 2.05) is 24.4 Å². The summed E-state index contributed by atoms with van der Waals surface area (Å²) < 4.78 is 2.11. The molecule has 0 amide bonds. The van der Waals surface area contributed by atoms with Crippen LogP contribution in [0.2, 0.25) is 0 Å². The predicted molar refractivity (Wildman–Crippen MR) is 109 cm³/mol. The minimum atomic E-state index is -0.903. The number of benzene rings is 2. The third-order valence-corrected chi connectivity index (χ3v) is 4.55. The summed E-state index contributed by atoms with van der Waals surface area (Å²) in [6.45, 7) is 5.00. The summed E-state index contributed by atoms with van der Waals surface area (Å²) in [4.78, 5) is 11.2. The summed E-state index contributed by atoms with van der Waals surface area (Å²) >= 11 is 0. The van der Waals surface area contributed by atoms with Crippen LogP contribution >= 0.6 is 0 Å². The molecule has 0 aliphatic heterocycles. The Morgan fingerprint density at radius 3 is 2.48 bits per heavy atom. The number of rotatable bonds is 6. The van der Waals surface area contributed by atoms with Gasteiger partial charge in [0.1, 0.15) is 0 Å². The second-order valence-electron chi connectivity index (χ2n) is 6.91. The molecule has 1 N–H and O–H groups in total. The monoisotopic (exact) mass is 358 g/mol. The molecule has 0 spiro atoms. The summed E-state index contributed by atoms with van der Waals surface area (Å²) in [5.74, 6) is -0.374. The topological polar surface area (TPSA) is 41.2 Å². The molecule has 0 aliphatic rings. The second-order valence-corrected chi connectivity index (χ2v) is 6.91. The Labute approximate surface area is 160 Å². The van der Waals surface area contributed by atoms with E-state index < -0.39 is 5.97 Å². The van der Waals surface area contributed by atoms with Gasteiger partial charge in [-0.3, -0.25) is 0 Å². The molecule has 3 aromatic rings. The normalized spacial score (nSPS) is 11.2. The summed E-state index contributed by atoms with van der Waals surface area (Å²) in [7, 11) is 0. The van der Waals surface area contributed by atoms with Crippen LogP contribution < -0.4 is 4.57 Å². The van der Waals surface area contributed by atoms with E-state index in [-0.39, 0.29) is 0 Å². The lowest BCUT2D eigenvalue weighted by Crippen LogP contribution is -2.37. The maximum atomic E-state index is 11.2. The van der Waals surface area contributed by atoms with Crippen LogP contribution in [0.1, 0.15) is 52.5 Å². The maximum absolute atomic E-state index is 11.2. The summed E-state index contributed by atoms with van der Waals surface area (Å²) in [6.07, 6.45) is 6.20. The van der Waals surface area contributed by atoms with Crippen LogP contribution in [0.4, 0.5) is 0 Å². The third-order valence-electron chi connectivity index (χ3n) is 4.55. The molecule has 0 radical (unpaired) electrons. The van der Waals surface area contributed by atoms with E-state index in [1.54, 1.807) is 18.2 Å². The quantitative estimate of drug-likeness (QED) is 0.629. The number of hydrogen-bond donors (Lipinski definition) is 1. The van der Waals surface area contributed by atoms with Crippen molar-refractivity contribution in [1.82, 2.24) is 0 Å². The molecule has 0 unspecified atom stereocenters. The van der Waals surface area contributed by atoms with Crippen molar-refractivity contribution in [2.45, 2.75) is 26.3 Å². The number of hydrogen-bond acceptors (Lipinski definition) is 1. The molecule has 2 aromatic carbocycles. The van der Waals surface area contributed by atoms with Gasteiger partial charge in [0, 0.05) is 23.8 Å². The zero-order chi connectivity index (χ0) is 19.2. The van der Waals surface area contributed by atoms with Crippen molar-refractivity contribution >= 4 is 18.1 Å². The van der Waals surface area contributed by atoms with Crippen molar-refractivity contribution in [3.8, 4) is 0 Å². The molecule has 1 heterocycles. The van der Waals surface area contributed by atoms with Crippen molar-refractivity contribution in [2.24, 2.45) is 0 Å². The van der Waals surface area contributed by atoms with Crippen LogP contribution in [0, 0.1) is 0 Å². The zero-order valence-electron chi connectivity index (χ0n) is 15.7. The lowest BCUT2D eigenvalue weighted by Gasteiger charge is -2.05. The highest BCUT2D eigenvalue weighted by atomic mass is 16.4. The fourth-order valence-electron chi connectivity index (χ4n) is 2.96. The molecule has 0 saturated heterocycles. The fourth-order valence-corrected chi connectivity index (χ4v) is 2.96. The van der Waals surface area contributed by atoms with E-state index in [1.165, 1.54) is 5.56 Å². The number of carbonyl (C=O) groups is 1. The minimum Gasteiger partial charge on any atom is -0.478 e. The van der Waals surface area contributed by atoms with Gasteiger partial charge in [0.25, 0.3) is 0 Å². The van der Waals surface area contributed by atoms with E-state index in [9.17, 15) is 9.90 Å². The Bertz CT molecular complexity index is 956. The first kappa shape index (κ1) is 18.6. The Morgan fingerprint density at radius 1 is 1.00 bits per heavy atom. The molecule has 0 aliphatic carbocycles. The van der Waals surface area contributed by atoms with Gasteiger partial charge >= 0.3 is 5.97 Å². The van der Waals surface area contributed by atoms with E-state index in [0.29, 0.717) is 18.0 Å². The van der Waals surface area contributed by atoms with Crippen LogP contribution in [0.3, 0.4) is 0 Å². The maximum Gasteiger partial charge on any atom is 0.335 e. The molecule has 3 rings (SSSR count). The summed E-state index contributed by atoms with van der Waals surface area (Å²) in [5, 5.41) is 9.18. The van der Waals surface area contributed by atoms with Crippen molar-refractivity contribution in [3.63, 3.8) is 0 Å². The largest absolute Gasteiger partial charge is 0.478 e. The van der Waals surface area contributed by atoms with Crippen LogP contribution in [0.25, 0.3) is 12.2 Å². The van der Waals surface area contributed by atoms with E-state index in [0.717, 1.165) is 16.8 Å². The highest BCUT2D eigenvalue weighted by Crippen LogP contribution is 2.16. The smallest absolute Gasteiger partial charge is 0.335 e. The first-order valence-corrected chi connectivity index (χ1v) is 9.11. The van der Waals surface area contributed by atoms with Gasteiger partial charge in [-0.05, 0) is 41.3 Å². The van der Waals surface area contributed by atoms with Gasteiger partial charge in [0.15, 0.2) is 12.7 Å². The zero-order valence-corrected chi connectivity index (χ0v) is 15.7. The Balaban J connectivity index is 1.81. The van der Waals surface area contributed by atoms with E-state index in [4.69, 9.17) is 0 Å². The SMILES string of the molecule is CC(C)c1ccc(/C=C/c2cccc[n+]2Cc2cccc(C(=O)O)c2)cc1. The number of aromatic carboxylic acids is 1. The molecule has 27 heavy (non-hydrogen) atoms. The number of nitrogens with zero attached hydrogens (tertiary/aromatic N) is 1. The Hall–Kier alpha value is -3.20. The average Bonchev–Trinajstić information content (AvgIpc) is 2.68. The first-order chi connectivity index (χ1) is 13.0. The highest BCUT2D eigenvalue weighted by Gasteiger charge is 2.10. The molecule has 136 valence electrons. The Morgan fingerprint density at radius 2 is 1.78 bits per heavy atom. The van der Waals surface area contributed by atoms with Crippen molar-refractivity contribution in [1.29, 1.82) is 0 Å². The minimum absolute atomic E-state index is 0.311. The van der Waals surface area contributed by atoms with Crippen molar-refractivity contribution in [3.05, 3.63) is 101 Å². The molecule has 0 atom stereocenters. The van der Waals surface area contributed by atoms with Crippen LogP contribution in [-0.2, 0) is 6.54 Å². The fraction of sp³-hybridized carbons (Fsp3) is 0.167. The van der Waals surface area contributed by atoms with Gasteiger partial charge in [-0.15, -0.1) is 0 Å². The third kappa shape index (κ3) is 4.91. The van der Waals surface area contributed by atoms with Crippen LogP contribution in [-0.4, -0.2) is 11.1 Å². The molecule has 0 saturated carbocycles. The second kappa shape index (κ2) is 8.45. The molecular formula is C24H24NO2+. The van der Waals surface area contributed by atoms with Crippen molar-refractivity contribution < 1.29 is 14.5 Å². The molecule has 3 heteroatoms. The summed E-state index contributed by atoms with van der Waals surface area (Å²) in [6, 6.07) is 21.7. The predicted octanol–water partition coefficient (Wildman–Crippen LogP) is 5.01. The number of pyridine rings is 1. The van der Waals surface area contributed by atoms with Gasteiger partial charge in [0.05, 0.1) is 5.56 Å². The highest BCUT2D eigenvalue weighted by molar-refractivity contribution is 5.87. The van der Waals surface area contributed by atoms with Gasteiger partial charge in [0.2, 0.25) is 5.69 Å². The van der Waals surface area contributed by atoms with Gasteiger partial charge in [-0.2, -0.15) is 4.57 Å². The van der Waals surface area contributed by atoms with E-state index >= 15 is 0 Å². The molecule has 3 nitrogen and oxygen atoms in total. The van der Waals surface area contributed by atoms with Crippen LogP contribution in [0.5, 0.6) is 0 Å². The standard InChI is InChI=1S/C24H23NO2/c1-18(2)21-12-9-19(10-13-21)11-14-23-8-3-4-15-25(23)17-20-6-5-7-22(16-20)24(26)27/h3-16,18H,17H2,1-2H3/p+1/b14-11+. The average molecular weight is 358 g/mol.